The first kappa shape index (κ1) is 8.06. The van der Waals surface area contributed by atoms with E-state index in [1.54, 1.807) is 0 Å². The average Bonchev–Trinajstić information content (AvgIpc) is 2.15. The minimum Gasteiger partial charge on any atom is -0.309 e. The number of hydrogen-bond donors (Lipinski definition) is 0. The predicted octanol–water partition coefficient (Wildman–Crippen LogP) is 1.98. The van der Waals surface area contributed by atoms with Crippen molar-refractivity contribution in [3.8, 4) is 0 Å². The van der Waals surface area contributed by atoms with Crippen molar-refractivity contribution in [2.45, 2.75) is 26.2 Å². The second-order valence-electron chi connectivity index (χ2n) is 3.93. The molecule has 0 aromatic rings. The summed E-state index contributed by atoms with van der Waals surface area (Å²) in [6.07, 6.45) is 4.37. The summed E-state index contributed by atoms with van der Waals surface area (Å²) in [5, 5.41) is 0. The molecule has 1 rings (SSSR count). The Labute approximate surface area is 64.4 Å². The molecule has 1 nitrogen and oxygen atoms in total. The van der Waals surface area contributed by atoms with Crippen LogP contribution in [0.15, 0.2) is 0 Å². The summed E-state index contributed by atoms with van der Waals surface area (Å²) in [6.45, 7) is 3.68. The summed E-state index contributed by atoms with van der Waals surface area (Å²) in [7, 11) is 4.34. The first-order valence-electron chi connectivity index (χ1n) is 4.35. The second-order valence-corrected chi connectivity index (χ2v) is 3.93. The zero-order chi connectivity index (χ0) is 7.56. The van der Waals surface area contributed by atoms with Crippen molar-refractivity contribution in [2.75, 3.05) is 20.6 Å². The molecular weight excluding hydrogens is 122 g/mol. The van der Waals surface area contributed by atoms with Gasteiger partial charge < -0.3 is 4.90 Å². The molecule has 0 bridgehead atoms. The molecule has 1 saturated carbocycles. The molecule has 1 aliphatic carbocycles. The van der Waals surface area contributed by atoms with Crippen molar-refractivity contribution in [3.63, 3.8) is 0 Å². The van der Waals surface area contributed by atoms with Crippen molar-refractivity contribution < 1.29 is 0 Å². The topological polar surface area (TPSA) is 3.24 Å². The van der Waals surface area contributed by atoms with Gasteiger partial charge in [0.05, 0.1) is 0 Å². The molecule has 0 aromatic heterocycles. The lowest BCUT2D eigenvalue weighted by Crippen LogP contribution is -2.22. The van der Waals surface area contributed by atoms with Gasteiger partial charge in [0, 0.05) is 6.54 Å². The van der Waals surface area contributed by atoms with E-state index >= 15 is 0 Å². The maximum atomic E-state index is 2.39. The third kappa shape index (κ3) is 1.98. The van der Waals surface area contributed by atoms with Crippen molar-refractivity contribution >= 4 is 0 Å². The maximum absolute atomic E-state index is 2.39. The lowest BCUT2D eigenvalue weighted by atomic mass is 9.98. The van der Waals surface area contributed by atoms with Gasteiger partial charge in [-0.25, -0.2) is 0 Å². The molecule has 1 fully saturated rings. The molecule has 0 aliphatic heterocycles. The van der Waals surface area contributed by atoms with Gasteiger partial charge >= 0.3 is 0 Å². The average molecular weight is 141 g/mol. The Morgan fingerprint density at radius 2 is 2.00 bits per heavy atom. The van der Waals surface area contributed by atoms with Gasteiger partial charge in [-0.15, -0.1) is 0 Å². The van der Waals surface area contributed by atoms with Gasteiger partial charge in [0.2, 0.25) is 0 Å². The lowest BCUT2D eigenvalue weighted by molar-refractivity contribution is 0.286. The SMILES string of the molecule is C[C@H]1CCC[C@H]1CN(C)C. The smallest absolute Gasteiger partial charge is 0.000610 e. The van der Waals surface area contributed by atoms with Gasteiger partial charge in [-0.2, -0.15) is 0 Å². The molecule has 0 N–H and O–H groups in total. The highest BCUT2D eigenvalue weighted by Gasteiger charge is 2.23. The molecule has 0 radical (unpaired) electrons. The number of hydrogen-bond acceptors (Lipinski definition) is 1. The molecule has 0 unspecified atom stereocenters. The normalized spacial score (nSPS) is 33.6. The molecule has 0 saturated heterocycles. The largest absolute Gasteiger partial charge is 0.309 e. The fraction of sp³-hybridized carbons (Fsp3) is 1.00. The summed E-state index contributed by atoms with van der Waals surface area (Å²) < 4.78 is 0. The Bertz CT molecular complexity index is 98.9. The van der Waals surface area contributed by atoms with Crippen molar-refractivity contribution in [3.05, 3.63) is 0 Å². The minimum atomic E-state index is 0.974. The molecule has 0 heterocycles. The van der Waals surface area contributed by atoms with E-state index in [0.717, 1.165) is 11.8 Å². The van der Waals surface area contributed by atoms with Crippen LogP contribution < -0.4 is 0 Å². The van der Waals surface area contributed by atoms with E-state index in [2.05, 4.69) is 25.9 Å². The Hall–Kier alpha value is -0.0400. The zero-order valence-corrected chi connectivity index (χ0v) is 7.43. The van der Waals surface area contributed by atoms with E-state index in [1.807, 2.05) is 0 Å². The number of nitrogens with zero attached hydrogens (tertiary/aromatic N) is 1. The van der Waals surface area contributed by atoms with Gasteiger partial charge in [-0.1, -0.05) is 19.8 Å². The van der Waals surface area contributed by atoms with Crippen LogP contribution in [-0.2, 0) is 0 Å². The van der Waals surface area contributed by atoms with Crippen molar-refractivity contribution in [1.29, 1.82) is 0 Å². The molecule has 2 atom stereocenters. The van der Waals surface area contributed by atoms with Crippen LogP contribution in [0.1, 0.15) is 26.2 Å². The van der Waals surface area contributed by atoms with E-state index in [4.69, 9.17) is 0 Å². The van der Waals surface area contributed by atoms with E-state index in [-0.39, 0.29) is 0 Å². The zero-order valence-electron chi connectivity index (χ0n) is 7.43. The standard InChI is InChI=1S/C9H19N/c1-8-5-4-6-9(8)7-10(2)3/h8-9H,4-7H2,1-3H3/t8-,9-/m0/s1. The highest BCUT2D eigenvalue weighted by atomic mass is 15.1. The van der Waals surface area contributed by atoms with E-state index in [1.165, 1.54) is 25.8 Å². The lowest BCUT2D eigenvalue weighted by Gasteiger charge is -2.19. The van der Waals surface area contributed by atoms with Gasteiger partial charge in [-0.3, -0.25) is 0 Å². The van der Waals surface area contributed by atoms with E-state index in [0.29, 0.717) is 0 Å². The van der Waals surface area contributed by atoms with Crippen molar-refractivity contribution in [2.24, 2.45) is 11.8 Å². The molecular formula is C9H19N. The van der Waals surface area contributed by atoms with Crippen molar-refractivity contribution in [1.82, 2.24) is 4.90 Å². The highest BCUT2D eigenvalue weighted by molar-refractivity contribution is 4.75. The third-order valence-corrected chi connectivity index (χ3v) is 2.64. The van der Waals surface area contributed by atoms with Crippen LogP contribution in [0, 0.1) is 11.8 Å². The molecule has 1 heteroatoms. The number of rotatable bonds is 2. The fourth-order valence-corrected chi connectivity index (χ4v) is 1.96. The Balaban J connectivity index is 2.26. The summed E-state index contributed by atoms with van der Waals surface area (Å²) in [4.78, 5) is 2.31. The van der Waals surface area contributed by atoms with Crippen LogP contribution in [0.3, 0.4) is 0 Å². The molecule has 0 spiro atoms. The van der Waals surface area contributed by atoms with Crippen LogP contribution in [0.4, 0.5) is 0 Å². The van der Waals surface area contributed by atoms with Gasteiger partial charge in [0.1, 0.15) is 0 Å². The summed E-state index contributed by atoms with van der Waals surface area (Å²) in [5.74, 6) is 1.96. The highest BCUT2D eigenvalue weighted by Crippen LogP contribution is 2.31. The quantitative estimate of drug-likeness (QED) is 0.568. The minimum absolute atomic E-state index is 0.974. The Morgan fingerprint density at radius 1 is 1.30 bits per heavy atom. The van der Waals surface area contributed by atoms with Gasteiger partial charge in [0.25, 0.3) is 0 Å². The summed E-state index contributed by atoms with van der Waals surface area (Å²) in [6, 6.07) is 0. The predicted molar refractivity (Wildman–Crippen MR) is 45.1 cm³/mol. The first-order valence-corrected chi connectivity index (χ1v) is 4.35. The van der Waals surface area contributed by atoms with E-state index < -0.39 is 0 Å². The molecule has 0 amide bonds. The molecule has 1 aliphatic rings. The Kier molecular flexibility index (Phi) is 2.72. The van der Waals surface area contributed by atoms with Crippen LogP contribution in [0.2, 0.25) is 0 Å². The van der Waals surface area contributed by atoms with Gasteiger partial charge in [-0.05, 0) is 32.4 Å². The molecule has 0 aromatic carbocycles. The fourth-order valence-electron chi connectivity index (χ4n) is 1.96. The van der Waals surface area contributed by atoms with Crippen LogP contribution in [-0.4, -0.2) is 25.5 Å². The summed E-state index contributed by atoms with van der Waals surface area (Å²) >= 11 is 0. The van der Waals surface area contributed by atoms with Crippen LogP contribution in [0.25, 0.3) is 0 Å². The summed E-state index contributed by atoms with van der Waals surface area (Å²) in [5.41, 5.74) is 0. The Morgan fingerprint density at radius 3 is 2.40 bits per heavy atom. The molecule has 10 heavy (non-hydrogen) atoms. The first-order chi connectivity index (χ1) is 4.70. The van der Waals surface area contributed by atoms with E-state index in [9.17, 15) is 0 Å². The maximum Gasteiger partial charge on any atom is 0.000610 e. The second kappa shape index (κ2) is 3.38. The third-order valence-electron chi connectivity index (χ3n) is 2.64. The van der Waals surface area contributed by atoms with Crippen LogP contribution in [0.5, 0.6) is 0 Å². The van der Waals surface area contributed by atoms with Crippen LogP contribution >= 0.6 is 0 Å². The van der Waals surface area contributed by atoms with Gasteiger partial charge in [0.15, 0.2) is 0 Å². The molecule has 60 valence electrons. The monoisotopic (exact) mass is 141 g/mol.